The van der Waals surface area contributed by atoms with Gasteiger partial charge in [0.1, 0.15) is 0 Å². The fourth-order valence-electron chi connectivity index (χ4n) is 5.62. The number of nitrogens with zero attached hydrogens (tertiary/aromatic N) is 2. The monoisotopic (exact) mass is 442 g/mol. The molecular weight excluding hydrogens is 404 g/mol. The largest absolute Gasteiger partial charge is 0.381 e. The molecule has 2 aliphatic carbocycles. The van der Waals surface area contributed by atoms with Gasteiger partial charge in [-0.05, 0) is 64.2 Å². The predicted octanol–water partition coefficient (Wildman–Crippen LogP) is 4.60. The maximum Gasteiger partial charge on any atom is 0.233 e. The Morgan fingerprint density at radius 2 is 1.59 bits per heavy atom. The minimum Gasteiger partial charge on any atom is -0.381 e. The van der Waals surface area contributed by atoms with Gasteiger partial charge in [0.15, 0.2) is 0 Å². The van der Waals surface area contributed by atoms with Crippen molar-refractivity contribution in [3.05, 3.63) is 0 Å². The highest BCUT2D eigenvalue weighted by Crippen LogP contribution is 2.32. The van der Waals surface area contributed by atoms with E-state index in [-0.39, 0.29) is 0 Å². The van der Waals surface area contributed by atoms with Gasteiger partial charge in [0.2, 0.25) is 5.91 Å². The van der Waals surface area contributed by atoms with Crippen LogP contribution in [0.25, 0.3) is 0 Å². The molecule has 0 spiro atoms. The zero-order chi connectivity index (χ0) is 19.1. The number of rotatable bonds is 7. The number of piperidine rings is 1. The minimum atomic E-state index is 0.316. The Hall–Kier alpha value is -0.130. The van der Waals surface area contributed by atoms with Crippen molar-refractivity contribution in [1.29, 1.82) is 0 Å². The van der Waals surface area contributed by atoms with E-state index < -0.39 is 0 Å². The number of carbonyl (C=O) groups is 1. The van der Waals surface area contributed by atoms with Gasteiger partial charge in [0.05, 0.1) is 5.33 Å². The van der Waals surface area contributed by atoms with Crippen LogP contribution in [0.4, 0.5) is 0 Å². The molecule has 0 unspecified atom stereocenters. The second-order valence-electron chi connectivity index (χ2n) is 8.83. The highest BCUT2D eigenvalue weighted by molar-refractivity contribution is 9.09. The van der Waals surface area contributed by atoms with Crippen molar-refractivity contribution >= 4 is 21.8 Å². The van der Waals surface area contributed by atoms with E-state index in [2.05, 4.69) is 32.7 Å². The Bertz CT molecular complexity index is 440. The maximum atomic E-state index is 12.7. The molecule has 4 nitrogen and oxygen atoms in total. The second kappa shape index (κ2) is 11.2. The van der Waals surface area contributed by atoms with Crippen LogP contribution in [-0.2, 0) is 9.53 Å². The molecule has 3 fully saturated rings. The van der Waals surface area contributed by atoms with E-state index in [0.29, 0.717) is 23.3 Å². The summed E-state index contributed by atoms with van der Waals surface area (Å²) in [5.41, 5.74) is 0. The van der Waals surface area contributed by atoms with Gasteiger partial charge in [-0.3, -0.25) is 4.79 Å². The fraction of sp³-hybridized carbons (Fsp3) is 0.955. The van der Waals surface area contributed by atoms with E-state index in [1.54, 1.807) is 0 Å². The topological polar surface area (TPSA) is 32.8 Å². The summed E-state index contributed by atoms with van der Waals surface area (Å²) in [5, 5.41) is 0.480. The molecule has 156 valence electrons. The normalized spacial score (nSPS) is 29.0. The number of likely N-dealkylation sites (tertiary alicyclic amines) is 1. The van der Waals surface area contributed by atoms with Crippen molar-refractivity contribution < 1.29 is 9.53 Å². The van der Waals surface area contributed by atoms with Crippen LogP contribution < -0.4 is 0 Å². The number of amides is 1. The van der Waals surface area contributed by atoms with Crippen LogP contribution in [0.3, 0.4) is 0 Å². The molecule has 0 aromatic carbocycles. The number of halogens is 1. The summed E-state index contributed by atoms with van der Waals surface area (Å²) < 4.78 is 5.63. The fourth-order valence-corrected chi connectivity index (χ4v) is 5.91. The van der Waals surface area contributed by atoms with Crippen molar-refractivity contribution in [3.63, 3.8) is 0 Å². The first kappa shape index (κ1) is 21.6. The third kappa shape index (κ3) is 5.93. The van der Waals surface area contributed by atoms with E-state index in [1.807, 2.05) is 0 Å². The van der Waals surface area contributed by atoms with Gasteiger partial charge in [0, 0.05) is 44.4 Å². The van der Waals surface area contributed by atoms with E-state index in [0.717, 1.165) is 38.0 Å². The third-order valence-electron chi connectivity index (χ3n) is 7.15. The summed E-state index contributed by atoms with van der Waals surface area (Å²) in [6.45, 7) is 6.23. The molecule has 3 rings (SSSR count). The summed E-state index contributed by atoms with van der Waals surface area (Å²) in [6, 6.07) is 1.72. The lowest BCUT2D eigenvalue weighted by atomic mass is 9.84. The summed E-state index contributed by atoms with van der Waals surface area (Å²) in [4.78, 5) is 17.7. The molecule has 0 atom stereocenters. The molecular formula is C22H39BrN2O2. The lowest BCUT2D eigenvalue weighted by Crippen LogP contribution is -2.54. The van der Waals surface area contributed by atoms with Gasteiger partial charge < -0.3 is 14.5 Å². The van der Waals surface area contributed by atoms with Crippen molar-refractivity contribution in [3.8, 4) is 0 Å². The van der Waals surface area contributed by atoms with E-state index in [4.69, 9.17) is 4.74 Å². The molecule has 0 aromatic rings. The summed E-state index contributed by atoms with van der Waals surface area (Å²) in [7, 11) is 0. The Labute approximate surface area is 174 Å². The average molecular weight is 443 g/mol. The standard InChI is InChI=1S/C22H39BrN2O2/c1-2-27-17-18-8-10-19(11-9-18)24-14-12-21(13-15-24)25(22(26)16-23)20-6-4-3-5-7-20/h18-21H,2-17H2,1H3. The quantitative estimate of drug-likeness (QED) is 0.539. The van der Waals surface area contributed by atoms with Gasteiger partial charge in [-0.1, -0.05) is 35.2 Å². The van der Waals surface area contributed by atoms with Crippen LogP contribution in [0.2, 0.25) is 0 Å². The van der Waals surface area contributed by atoms with Crippen LogP contribution in [0.5, 0.6) is 0 Å². The highest BCUT2D eigenvalue weighted by Gasteiger charge is 2.35. The van der Waals surface area contributed by atoms with Crippen molar-refractivity contribution in [2.45, 2.75) is 95.7 Å². The molecule has 0 bridgehead atoms. The zero-order valence-corrected chi connectivity index (χ0v) is 18.8. The first-order chi connectivity index (χ1) is 13.2. The zero-order valence-electron chi connectivity index (χ0n) is 17.2. The number of carbonyl (C=O) groups excluding carboxylic acids is 1. The summed E-state index contributed by atoms with van der Waals surface area (Å²) >= 11 is 3.43. The van der Waals surface area contributed by atoms with Crippen LogP contribution in [0, 0.1) is 5.92 Å². The van der Waals surface area contributed by atoms with Crippen LogP contribution in [0.15, 0.2) is 0 Å². The highest BCUT2D eigenvalue weighted by atomic mass is 79.9. The van der Waals surface area contributed by atoms with Crippen LogP contribution in [-0.4, -0.2) is 65.5 Å². The van der Waals surface area contributed by atoms with Gasteiger partial charge >= 0.3 is 0 Å². The van der Waals surface area contributed by atoms with Gasteiger partial charge in [-0.25, -0.2) is 0 Å². The SMILES string of the molecule is CCOCC1CCC(N2CCC(N(C(=O)CBr)C3CCCCC3)CC2)CC1. The average Bonchev–Trinajstić information content (AvgIpc) is 2.74. The summed E-state index contributed by atoms with van der Waals surface area (Å²) in [6.07, 6.45) is 14.0. The predicted molar refractivity (Wildman–Crippen MR) is 114 cm³/mol. The molecule has 1 amide bonds. The first-order valence-electron chi connectivity index (χ1n) is 11.4. The molecule has 0 aromatic heterocycles. The molecule has 3 aliphatic rings. The Morgan fingerprint density at radius 1 is 0.963 bits per heavy atom. The van der Waals surface area contributed by atoms with Crippen LogP contribution >= 0.6 is 15.9 Å². The molecule has 1 saturated heterocycles. The Kier molecular flexibility index (Phi) is 8.92. The van der Waals surface area contributed by atoms with Crippen molar-refractivity contribution in [2.24, 2.45) is 5.92 Å². The Morgan fingerprint density at radius 3 is 2.19 bits per heavy atom. The summed E-state index contributed by atoms with van der Waals surface area (Å²) in [5.74, 6) is 1.09. The molecule has 2 saturated carbocycles. The minimum absolute atomic E-state index is 0.316. The first-order valence-corrected chi connectivity index (χ1v) is 12.5. The number of hydrogen-bond acceptors (Lipinski definition) is 3. The molecule has 0 N–H and O–H groups in total. The van der Waals surface area contributed by atoms with E-state index in [9.17, 15) is 4.79 Å². The molecule has 0 radical (unpaired) electrons. The lowest BCUT2D eigenvalue weighted by molar-refractivity contribution is -0.135. The van der Waals surface area contributed by atoms with Crippen molar-refractivity contribution in [1.82, 2.24) is 9.80 Å². The van der Waals surface area contributed by atoms with Crippen molar-refractivity contribution in [2.75, 3.05) is 31.6 Å². The Balaban J connectivity index is 1.47. The lowest BCUT2D eigenvalue weighted by Gasteiger charge is -2.46. The smallest absolute Gasteiger partial charge is 0.233 e. The molecule has 1 heterocycles. The molecule has 5 heteroatoms. The number of alkyl halides is 1. The molecule has 1 aliphatic heterocycles. The third-order valence-corrected chi connectivity index (χ3v) is 7.63. The van der Waals surface area contributed by atoms with E-state index >= 15 is 0 Å². The van der Waals surface area contributed by atoms with Gasteiger partial charge in [-0.15, -0.1) is 0 Å². The number of ether oxygens (including phenoxy) is 1. The number of hydrogen-bond donors (Lipinski definition) is 0. The van der Waals surface area contributed by atoms with Gasteiger partial charge in [-0.2, -0.15) is 0 Å². The van der Waals surface area contributed by atoms with Gasteiger partial charge in [0.25, 0.3) is 0 Å². The van der Waals surface area contributed by atoms with Crippen LogP contribution in [0.1, 0.15) is 77.6 Å². The molecule has 27 heavy (non-hydrogen) atoms. The maximum absolute atomic E-state index is 12.7. The van der Waals surface area contributed by atoms with E-state index in [1.165, 1.54) is 70.9 Å². The second-order valence-corrected chi connectivity index (χ2v) is 9.39.